The minimum absolute atomic E-state index is 0.273. The average molecular weight is 345 g/mol. The van der Waals surface area contributed by atoms with E-state index in [-0.39, 0.29) is 5.69 Å². The number of nitrogens with one attached hydrogen (secondary N) is 1. The number of benzene rings is 1. The lowest BCUT2D eigenvalue weighted by molar-refractivity contribution is -0.384. The van der Waals surface area contributed by atoms with Crippen LogP contribution in [0.4, 0.5) is 21.6 Å². The summed E-state index contributed by atoms with van der Waals surface area (Å²) in [6.07, 6.45) is 1.75. The Morgan fingerprint density at radius 1 is 1.28 bits per heavy atom. The fraction of sp³-hybridized carbons (Fsp3) is 0.353. The second-order valence-electron chi connectivity index (χ2n) is 6.05. The van der Waals surface area contributed by atoms with Gasteiger partial charge in [0.25, 0.3) is 5.69 Å². The molecule has 8 heteroatoms. The first-order chi connectivity index (χ1) is 12.0. The summed E-state index contributed by atoms with van der Waals surface area (Å²) in [6.45, 7) is 4.08. The Kier molecular flexibility index (Phi) is 5.08. The van der Waals surface area contributed by atoms with Crippen molar-refractivity contribution in [3.05, 3.63) is 58.0 Å². The molecule has 0 spiro atoms. The number of anilines is 2. The molecule has 1 aliphatic rings. The highest BCUT2D eigenvalue weighted by Crippen LogP contribution is 2.27. The Balaban J connectivity index is 1.77. The van der Waals surface area contributed by atoms with E-state index < -0.39 is 10.7 Å². The molecule has 2 heterocycles. The summed E-state index contributed by atoms with van der Waals surface area (Å²) < 4.78 is 13.3. The smallest absolute Gasteiger partial charge is 0.295 e. The second-order valence-corrected chi connectivity index (χ2v) is 6.05. The summed E-state index contributed by atoms with van der Waals surface area (Å²) >= 11 is 0. The molecule has 132 valence electrons. The van der Waals surface area contributed by atoms with Crippen LogP contribution in [0.5, 0.6) is 0 Å². The third kappa shape index (κ3) is 4.03. The topological polar surface area (TPSA) is 74.5 Å². The van der Waals surface area contributed by atoms with Crippen LogP contribution in [0.25, 0.3) is 0 Å². The van der Waals surface area contributed by atoms with Crippen LogP contribution in [0, 0.1) is 15.9 Å². The van der Waals surface area contributed by atoms with Crippen LogP contribution >= 0.6 is 0 Å². The lowest BCUT2D eigenvalue weighted by Gasteiger charge is -2.34. The molecule has 7 nitrogen and oxygen atoms in total. The van der Waals surface area contributed by atoms with E-state index in [1.807, 2.05) is 12.1 Å². The van der Waals surface area contributed by atoms with Gasteiger partial charge in [-0.1, -0.05) is 6.07 Å². The molecule has 1 aliphatic heterocycles. The summed E-state index contributed by atoms with van der Waals surface area (Å²) in [4.78, 5) is 19.5. The molecule has 1 saturated heterocycles. The lowest BCUT2D eigenvalue weighted by Crippen LogP contribution is -2.45. The molecular weight excluding hydrogens is 325 g/mol. The SMILES string of the molecule is CN1CCN(c2ncccc2CNc2ccc(F)cc2[N+](=O)[O-])CC1. The van der Waals surface area contributed by atoms with E-state index in [0.717, 1.165) is 43.6 Å². The van der Waals surface area contributed by atoms with Crippen LogP contribution in [-0.2, 0) is 6.54 Å². The molecule has 1 aromatic heterocycles. The van der Waals surface area contributed by atoms with Crippen LogP contribution in [-0.4, -0.2) is 48.0 Å². The molecule has 3 rings (SSSR count). The Bertz CT molecular complexity index is 762. The quantitative estimate of drug-likeness (QED) is 0.663. The number of nitro benzene ring substituents is 1. The van der Waals surface area contributed by atoms with Gasteiger partial charge in [0.1, 0.15) is 17.3 Å². The molecular formula is C17H20FN5O2. The fourth-order valence-electron chi connectivity index (χ4n) is 2.87. The number of piperazine rings is 1. The van der Waals surface area contributed by atoms with E-state index >= 15 is 0 Å². The number of likely N-dealkylation sites (N-methyl/N-ethyl adjacent to an activating group) is 1. The summed E-state index contributed by atoms with van der Waals surface area (Å²) in [5.41, 5.74) is 0.968. The zero-order chi connectivity index (χ0) is 17.8. The van der Waals surface area contributed by atoms with Gasteiger partial charge in [-0.05, 0) is 25.2 Å². The Hall–Kier alpha value is -2.74. The third-order valence-electron chi connectivity index (χ3n) is 4.30. The van der Waals surface area contributed by atoms with Crippen molar-refractivity contribution >= 4 is 17.2 Å². The molecule has 2 aromatic rings. The van der Waals surface area contributed by atoms with Gasteiger partial charge in [0.2, 0.25) is 0 Å². The summed E-state index contributed by atoms with van der Waals surface area (Å²) in [5, 5.41) is 14.1. The highest BCUT2D eigenvalue weighted by molar-refractivity contribution is 5.62. The van der Waals surface area contributed by atoms with Gasteiger partial charge >= 0.3 is 0 Å². The molecule has 25 heavy (non-hydrogen) atoms. The van der Waals surface area contributed by atoms with E-state index in [4.69, 9.17) is 0 Å². The first-order valence-corrected chi connectivity index (χ1v) is 8.10. The Labute approximate surface area is 145 Å². The molecule has 0 bridgehead atoms. The number of hydrogen-bond donors (Lipinski definition) is 1. The molecule has 0 amide bonds. The van der Waals surface area contributed by atoms with Gasteiger partial charge < -0.3 is 15.1 Å². The number of aromatic nitrogens is 1. The number of nitro groups is 1. The average Bonchev–Trinajstić information content (AvgIpc) is 2.61. The molecule has 0 aliphatic carbocycles. The predicted octanol–water partition coefficient (Wildman–Crippen LogP) is 2.49. The highest BCUT2D eigenvalue weighted by atomic mass is 19.1. The minimum Gasteiger partial charge on any atom is -0.375 e. The third-order valence-corrected chi connectivity index (χ3v) is 4.30. The standard InChI is InChI=1S/C17H20FN5O2/c1-21-7-9-22(10-8-21)17-13(3-2-6-19-17)12-20-15-5-4-14(18)11-16(15)23(24)25/h2-6,11,20H,7-10,12H2,1H3. The maximum atomic E-state index is 13.3. The number of nitrogens with zero attached hydrogens (tertiary/aromatic N) is 4. The van der Waals surface area contributed by atoms with Crippen molar-refractivity contribution in [3.8, 4) is 0 Å². The number of pyridine rings is 1. The molecule has 1 fully saturated rings. The number of rotatable bonds is 5. The van der Waals surface area contributed by atoms with Crippen LogP contribution in [0.3, 0.4) is 0 Å². The molecule has 0 radical (unpaired) electrons. The molecule has 1 aromatic carbocycles. The van der Waals surface area contributed by atoms with Gasteiger partial charge in [-0.2, -0.15) is 0 Å². The van der Waals surface area contributed by atoms with E-state index in [1.165, 1.54) is 12.1 Å². The van der Waals surface area contributed by atoms with Crippen molar-refractivity contribution in [3.63, 3.8) is 0 Å². The maximum absolute atomic E-state index is 13.3. The largest absolute Gasteiger partial charge is 0.375 e. The van der Waals surface area contributed by atoms with Crippen molar-refractivity contribution in [1.82, 2.24) is 9.88 Å². The molecule has 0 atom stereocenters. The molecule has 0 unspecified atom stereocenters. The molecule has 1 N–H and O–H groups in total. The zero-order valence-electron chi connectivity index (χ0n) is 14.0. The van der Waals surface area contributed by atoms with Gasteiger partial charge in [-0.15, -0.1) is 0 Å². The van der Waals surface area contributed by atoms with Crippen molar-refractivity contribution in [2.45, 2.75) is 6.54 Å². The first-order valence-electron chi connectivity index (χ1n) is 8.10. The van der Waals surface area contributed by atoms with Crippen molar-refractivity contribution in [2.24, 2.45) is 0 Å². The van der Waals surface area contributed by atoms with Gasteiger partial charge in [0, 0.05) is 44.5 Å². The summed E-state index contributed by atoms with van der Waals surface area (Å²) in [5.74, 6) is 0.254. The van der Waals surface area contributed by atoms with Crippen LogP contribution in [0.15, 0.2) is 36.5 Å². The lowest BCUT2D eigenvalue weighted by atomic mass is 10.2. The van der Waals surface area contributed by atoms with Crippen LogP contribution in [0.2, 0.25) is 0 Å². The number of hydrogen-bond acceptors (Lipinski definition) is 6. The second kappa shape index (κ2) is 7.43. The van der Waals surface area contributed by atoms with Gasteiger partial charge in [0.05, 0.1) is 11.0 Å². The minimum atomic E-state index is -0.628. The van der Waals surface area contributed by atoms with Crippen LogP contribution < -0.4 is 10.2 Å². The Morgan fingerprint density at radius 2 is 2.04 bits per heavy atom. The monoisotopic (exact) mass is 345 g/mol. The van der Waals surface area contributed by atoms with Gasteiger partial charge in [-0.25, -0.2) is 9.37 Å². The summed E-state index contributed by atoms with van der Waals surface area (Å²) in [7, 11) is 2.09. The van der Waals surface area contributed by atoms with E-state index in [0.29, 0.717) is 12.2 Å². The van der Waals surface area contributed by atoms with Crippen molar-refractivity contribution < 1.29 is 9.31 Å². The molecule has 0 saturated carbocycles. The summed E-state index contributed by atoms with van der Waals surface area (Å²) in [6, 6.07) is 7.31. The van der Waals surface area contributed by atoms with E-state index in [1.54, 1.807) is 6.20 Å². The highest BCUT2D eigenvalue weighted by Gasteiger charge is 2.19. The van der Waals surface area contributed by atoms with E-state index in [9.17, 15) is 14.5 Å². The normalized spacial score (nSPS) is 15.2. The predicted molar refractivity (Wildman–Crippen MR) is 94.3 cm³/mol. The van der Waals surface area contributed by atoms with Crippen LogP contribution in [0.1, 0.15) is 5.56 Å². The first kappa shape index (κ1) is 17.1. The number of halogens is 1. The Morgan fingerprint density at radius 3 is 2.76 bits per heavy atom. The van der Waals surface area contributed by atoms with Crippen molar-refractivity contribution in [1.29, 1.82) is 0 Å². The van der Waals surface area contributed by atoms with E-state index in [2.05, 4.69) is 27.1 Å². The maximum Gasteiger partial charge on any atom is 0.295 e. The zero-order valence-corrected chi connectivity index (χ0v) is 14.0. The van der Waals surface area contributed by atoms with Gasteiger partial charge in [0.15, 0.2) is 0 Å². The van der Waals surface area contributed by atoms with Gasteiger partial charge in [-0.3, -0.25) is 10.1 Å². The van der Waals surface area contributed by atoms with Crippen molar-refractivity contribution in [2.75, 3.05) is 43.4 Å². The fourth-order valence-corrected chi connectivity index (χ4v) is 2.87.